The van der Waals surface area contributed by atoms with Crippen LogP contribution in [0.2, 0.25) is 0 Å². The molecular formula is C20H29F3IN5O. The predicted molar refractivity (Wildman–Crippen MR) is 122 cm³/mol. The molecule has 168 valence electrons. The van der Waals surface area contributed by atoms with Crippen LogP contribution in [-0.2, 0) is 19.1 Å². The van der Waals surface area contributed by atoms with Crippen molar-refractivity contribution in [3.8, 4) is 0 Å². The molecule has 0 radical (unpaired) electrons. The van der Waals surface area contributed by atoms with Gasteiger partial charge in [-0.15, -0.1) is 24.0 Å². The summed E-state index contributed by atoms with van der Waals surface area (Å²) in [4.78, 5) is 8.10. The van der Waals surface area contributed by atoms with E-state index in [0.717, 1.165) is 12.8 Å². The second-order valence-electron chi connectivity index (χ2n) is 6.75. The molecule has 1 aromatic heterocycles. The molecule has 0 saturated carbocycles. The molecule has 0 amide bonds. The zero-order chi connectivity index (χ0) is 21.3. The lowest BCUT2D eigenvalue weighted by Gasteiger charge is -2.30. The van der Waals surface area contributed by atoms with Crippen molar-refractivity contribution in [2.24, 2.45) is 12.0 Å². The number of aliphatic imine (C=N–C) groups is 1. The van der Waals surface area contributed by atoms with Crippen LogP contribution in [0.15, 0.2) is 47.7 Å². The van der Waals surface area contributed by atoms with Crippen LogP contribution >= 0.6 is 24.0 Å². The molecule has 1 atom stereocenters. The van der Waals surface area contributed by atoms with Gasteiger partial charge in [-0.25, -0.2) is 4.98 Å². The van der Waals surface area contributed by atoms with Crippen LogP contribution in [0.3, 0.4) is 0 Å². The van der Waals surface area contributed by atoms with E-state index in [0.29, 0.717) is 19.0 Å². The zero-order valence-corrected chi connectivity index (χ0v) is 19.4. The number of nitrogens with one attached hydrogen (secondary N) is 2. The third-order valence-corrected chi connectivity index (χ3v) is 4.52. The Hall–Kier alpha value is -1.82. The molecule has 0 fully saturated rings. The first-order valence-corrected chi connectivity index (χ1v) is 9.61. The van der Waals surface area contributed by atoms with E-state index in [1.54, 1.807) is 0 Å². The minimum atomic E-state index is -4.85. The molecule has 1 aromatic carbocycles. The smallest absolute Gasteiger partial charge is 0.374 e. The number of nitrogens with zero attached hydrogens (tertiary/aromatic N) is 3. The molecule has 10 heteroatoms. The predicted octanol–water partition coefficient (Wildman–Crippen LogP) is 3.37. The maximum atomic E-state index is 13.6. The van der Waals surface area contributed by atoms with Gasteiger partial charge in [-0.2, -0.15) is 13.2 Å². The SMILES string of the molecule is CCNC(=NCCCc1ccccc1)NCCC(O)(c1nccn1C)C(F)(F)F.I. The molecule has 0 saturated heterocycles. The van der Waals surface area contributed by atoms with Crippen LogP contribution < -0.4 is 10.6 Å². The van der Waals surface area contributed by atoms with Gasteiger partial charge in [0.25, 0.3) is 0 Å². The highest BCUT2D eigenvalue weighted by Gasteiger charge is 2.57. The minimum Gasteiger partial charge on any atom is -0.374 e. The van der Waals surface area contributed by atoms with Gasteiger partial charge in [0.05, 0.1) is 0 Å². The van der Waals surface area contributed by atoms with Gasteiger partial charge in [0.2, 0.25) is 5.60 Å². The van der Waals surface area contributed by atoms with Crippen molar-refractivity contribution < 1.29 is 18.3 Å². The van der Waals surface area contributed by atoms with Gasteiger partial charge in [0.15, 0.2) is 5.96 Å². The Bertz CT molecular complexity index is 782. The van der Waals surface area contributed by atoms with E-state index in [4.69, 9.17) is 0 Å². The normalized spacial score (nSPS) is 14.0. The van der Waals surface area contributed by atoms with Crippen molar-refractivity contribution in [2.75, 3.05) is 19.6 Å². The minimum absolute atomic E-state index is 0. The second-order valence-corrected chi connectivity index (χ2v) is 6.75. The number of benzene rings is 1. The van der Waals surface area contributed by atoms with Crippen molar-refractivity contribution in [1.82, 2.24) is 20.2 Å². The average molecular weight is 539 g/mol. The topological polar surface area (TPSA) is 74.5 Å². The standard InChI is InChI=1S/C20H28F3N5O.HI/c1-3-24-18(26-12-7-10-16-8-5-4-6-9-16)27-13-11-19(29,20(21,22)23)17-25-14-15-28(17)2;/h4-6,8-9,14-15,29H,3,7,10-13H2,1-2H3,(H2,24,26,27);1H. The molecule has 1 heterocycles. The first kappa shape index (κ1) is 26.2. The summed E-state index contributed by atoms with van der Waals surface area (Å²) in [7, 11) is 1.42. The summed E-state index contributed by atoms with van der Waals surface area (Å²) in [6.07, 6.45) is -1.14. The molecule has 0 aliphatic heterocycles. The number of aryl methyl sites for hydroxylation is 2. The number of alkyl halides is 3. The lowest BCUT2D eigenvalue weighted by molar-refractivity contribution is -0.272. The van der Waals surface area contributed by atoms with Gasteiger partial charge in [-0.1, -0.05) is 30.3 Å². The van der Waals surface area contributed by atoms with E-state index < -0.39 is 24.0 Å². The molecule has 2 aromatic rings. The molecule has 2 rings (SSSR count). The third kappa shape index (κ3) is 7.15. The summed E-state index contributed by atoms with van der Waals surface area (Å²) >= 11 is 0. The van der Waals surface area contributed by atoms with Gasteiger partial charge in [-0.3, -0.25) is 4.99 Å². The number of hydrogen-bond acceptors (Lipinski definition) is 3. The fourth-order valence-electron chi connectivity index (χ4n) is 2.97. The van der Waals surface area contributed by atoms with E-state index in [9.17, 15) is 18.3 Å². The van der Waals surface area contributed by atoms with Gasteiger partial charge in [0, 0.05) is 45.5 Å². The van der Waals surface area contributed by atoms with Crippen LogP contribution in [0, 0.1) is 0 Å². The fraction of sp³-hybridized carbons (Fsp3) is 0.500. The molecule has 1 unspecified atom stereocenters. The molecule has 0 aliphatic rings. The van der Waals surface area contributed by atoms with E-state index in [1.165, 1.54) is 29.6 Å². The fourth-order valence-corrected chi connectivity index (χ4v) is 2.97. The zero-order valence-electron chi connectivity index (χ0n) is 17.1. The average Bonchev–Trinajstić information content (AvgIpc) is 3.11. The van der Waals surface area contributed by atoms with Crippen LogP contribution in [-0.4, -0.2) is 46.4 Å². The lowest BCUT2D eigenvalue weighted by Crippen LogP contribution is -2.48. The van der Waals surface area contributed by atoms with E-state index in [1.807, 2.05) is 37.3 Å². The Labute approximate surface area is 192 Å². The lowest BCUT2D eigenvalue weighted by atomic mass is 9.97. The number of halogens is 4. The molecule has 3 N–H and O–H groups in total. The highest BCUT2D eigenvalue weighted by molar-refractivity contribution is 14.0. The highest BCUT2D eigenvalue weighted by Crippen LogP contribution is 2.40. The summed E-state index contributed by atoms with van der Waals surface area (Å²) in [5.74, 6) is -0.0125. The Morgan fingerprint density at radius 2 is 1.90 bits per heavy atom. The Morgan fingerprint density at radius 1 is 1.20 bits per heavy atom. The van der Waals surface area contributed by atoms with Gasteiger partial charge in [0.1, 0.15) is 5.82 Å². The highest BCUT2D eigenvalue weighted by atomic mass is 127. The quantitative estimate of drug-likeness (QED) is 0.198. The van der Waals surface area contributed by atoms with Crippen molar-refractivity contribution in [1.29, 1.82) is 0 Å². The van der Waals surface area contributed by atoms with Gasteiger partial charge < -0.3 is 20.3 Å². The third-order valence-electron chi connectivity index (χ3n) is 4.52. The van der Waals surface area contributed by atoms with Crippen molar-refractivity contribution >= 4 is 29.9 Å². The van der Waals surface area contributed by atoms with Gasteiger partial charge >= 0.3 is 6.18 Å². The number of hydrogen-bond donors (Lipinski definition) is 3. The monoisotopic (exact) mass is 539 g/mol. The van der Waals surface area contributed by atoms with E-state index in [2.05, 4.69) is 20.6 Å². The van der Waals surface area contributed by atoms with Gasteiger partial charge in [-0.05, 0) is 25.3 Å². The van der Waals surface area contributed by atoms with E-state index >= 15 is 0 Å². The van der Waals surface area contributed by atoms with Crippen LogP contribution in [0.25, 0.3) is 0 Å². The number of guanidine groups is 1. The number of rotatable bonds is 9. The maximum absolute atomic E-state index is 13.6. The summed E-state index contributed by atoms with van der Waals surface area (Å²) < 4.78 is 41.8. The molecule has 30 heavy (non-hydrogen) atoms. The molecule has 0 spiro atoms. The summed E-state index contributed by atoms with van der Waals surface area (Å²) in [5, 5.41) is 16.2. The Kier molecular flexibility index (Phi) is 10.6. The van der Waals surface area contributed by atoms with E-state index in [-0.39, 0.29) is 30.5 Å². The van der Waals surface area contributed by atoms with Crippen LogP contribution in [0.4, 0.5) is 13.2 Å². The van der Waals surface area contributed by atoms with Crippen LogP contribution in [0.1, 0.15) is 31.2 Å². The first-order valence-electron chi connectivity index (χ1n) is 9.61. The van der Waals surface area contributed by atoms with Crippen molar-refractivity contribution in [2.45, 2.75) is 38.0 Å². The molecule has 6 nitrogen and oxygen atoms in total. The summed E-state index contributed by atoms with van der Waals surface area (Å²) in [6, 6.07) is 10.0. The first-order chi connectivity index (χ1) is 13.8. The van der Waals surface area contributed by atoms with Crippen molar-refractivity contribution in [3.05, 3.63) is 54.1 Å². The molecule has 0 aliphatic carbocycles. The summed E-state index contributed by atoms with van der Waals surface area (Å²) in [6.45, 7) is 2.87. The number of aliphatic hydroxyl groups is 1. The molecule has 0 bridgehead atoms. The summed E-state index contributed by atoms with van der Waals surface area (Å²) in [5.41, 5.74) is -1.82. The van der Waals surface area contributed by atoms with Crippen molar-refractivity contribution in [3.63, 3.8) is 0 Å². The van der Waals surface area contributed by atoms with Crippen LogP contribution in [0.5, 0.6) is 0 Å². The largest absolute Gasteiger partial charge is 0.424 e. The number of imidazole rings is 1. The molecular weight excluding hydrogens is 510 g/mol. The second kappa shape index (κ2) is 12.1. The Morgan fingerprint density at radius 3 is 2.47 bits per heavy atom. The maximum Gasteiger partial charge on any atom is 0.424 e. The Balaban J connectivity index is 0.00000450. The number of aromatic nitrogens is 2.